The van der Waals surface area contributed by atoms with Gasteiger partial charge in [-0.15, -0.1) is 0 Å². The fourth-order valence-corrected chi connectivity index (χ4v) is 2.51. The molecule has 0 aromatic heterocycles. The van der Waals surface area contributed by atoms with Gasteiger partial charge in [-0.2, -0.15) is 0 Å². The maximum atomic E-state index is 13.6. The predicted octanol–water partition coefficient (Wildman–Crippen LogP) is 1.37. The Morgan fingerprint density at radius 3 is 2.70 bits per heavy atom. The number of nitrogens with one attached hydrogen (secondary N) is 2. The maximum Gasteiger partial charge on any atom is 0.313 e. The zero-order valence-electron chi connectivity index (χ0n) is 12.6. The summed E-state index contributed by atoms with van der Waals surface area (Å²) in [4.78, 5) is 25.6. The number of ether oxygens (including phenoxy) is 1. The smallest absolute Gasteiger partial charge is 0.313 e. The molecule has 1 saturated heterocycles. The van der Waals surface area contributed by atoms with Gasteiger partial charge in [-0.25, -0.2) is 4.39 Å². The highest BCUT2D eigenvalue weighted by Crippen LogP contribution is 2.19. The fourth-order valence-electron chi connectivity index (χ4n) is 2.18. The number of morpholine rings is 1. The van der Waals surface area contributed by atoms with E-state index in [0.717, 1.165) is 39.3 Å². The first-order valence-electron chi connectivity index (χ1n) is 7.40. The van der Waals surface area contributed by atoms with Crippen molar-refractivity contribution in [3.05, 3.63) is 28.5 Å². The minimum absolute atomic E-state index is 0.0262. The summed E-state index contributed by atoms with van der Waals surface area (Å²) in [6.45, 7) is 4.47. The third kappa shape index (κ3) is 5.89. The van der Waals surface area contributed by atoms with Crippen LogP contribution in [0.5, 0.6) is 0 Å². The SMILES string of the molecule is O=C(NCCCN1CCOCC1)C(=O)Nc1ccc(Br)cc1F. The summed E-state index contributed by atoms with van der Waals surface area (Å²) in [5, 5.41) is 4.79. The van der Waals surface area contributed by atoms with Crippen LogP contribution in [0.2, 0.25) is 0 Å². The van der Waals surface area contributed by atoms with Crippen LogP contribution in [0.1, 0.15) is 6.42 Å². The number of anilines is 1. The van der Waals surface area contributed by atoms with Crippen molar-refractivity contribution in [2.45, 2.75) is 6.42 Å². The molecule has 2 rings (SSSR count). The lowest BCUT2D eigenvalue weighted by Crippen LogP contribution is -2.39. The molecule has 1 fully saturated rings. The van der Waals surface area contributed by atoms with Crippen LogP contribution in [-0.2, 0) is 14.3 Å². The van der Waals surface area contributed by atoms with Crippen LogP contribution in [0.25, 0.3) is 0 Å². The second-order valence-corrected chi connectivity index (χ2v) is 6.06. The van der Waals surface area contributed by atoms with E-state index >= 15 is 0 Å². The molecule has 1 aromatic rings. The third-order valence-electron chi connectivity index (χ3n) is 3.43. The van der Waals surface area contributed by atoms with Gasteiger partial charge < -0.3 is 15.4 Å². The van der Waals surface area contributed by atoms with Gasteiger partial charge in [0.1, 0.15) is 5.82 Å². The maximum absolute atomic E-state index is 13.6. The van der Waals surface area contributed by atoms with Gasteiger partial charge in [-0.1, -0.05) is 15.9 Å². The molecule has 126 valence electrons. The van der Waals surface area contributed by atoms with E-state index in [1.165, 1.54) is 12.1 Å². The number of benzene rings is 1. The fraction of sp³-hybridized carbons (Fsp3) is 0.467. The number of rotatable bonds is 5. The largest absolute Gasteiger partial charge is 0.379 e. The number of carbonyl (C=O) groups is 2. The zero-order valence-corrected chi connectivity index (χ0v) is 14.2. The first-order valence-corrected chi connectivity index (χ1v) is 8.20. The van der Waals surface area contributed by atoms with Gasteiger partial charge in [-0.3, -0.25) is 14.5 Å². The van der Waals surface area contributed by atoms with Crippen molar-refractivity contribution in [2.75, 3.05) is 44.7 Å². The monoisotopic (exact) mass is 387 g/mol. The molecule has 2 amide bonds. The van der Waals surface area contributed by atoms with Gasteiger partial charge in [0.25, 0.3) is 0 Å². The van der Waals surface area contributed by atoms with E-state index in [9.17, 15) is 14.0 Å². The van der Waals surface area contributed by atoms with Crippen LogP contribution in [-0.4, -0.2) is 56.1 Å². The van der Waals surface area contributed by atoms with E-state index in [0.29, 0.717) is 11.0 Å². The average molecular weight is 388 g/mol. The lowest BCUT2D eigenvalue weighted by Gasteiger charge is -2.26. The van der Waals surface area contributed by atoms with Gasteiger partial charge in [-0.05, 0) is 31.2 Å². The number of halogens is 2. The van der Waals surface area contributed by atoms with Crippen LogP contribution in [0.15, 0.2) is 22.7 Å². The molecule has 0 bridgehead atoms. The molecule has 8 heteroatoms. The van der Waals surface area contributed by atoms with E-state index in [-0.39, 0.29) is 5.69 Å². The van der Waals surface area contributed by atoms with Crippen molar-refractivity contribution in [3.8, 4) is 0 Å². The van der Waals surface area contributed by atoms with E-state index < -0.39 is 17.6 Å². The Hall–Kier alpha value is -1.51. The van der Waals surface area contributed by atoms with Crippen LogP contribution in [0.3, 0.4) is 0 Å². The standard InChI is InChI=1S/C15H19BrFN3O3/c16-11-2-3-13(12(17)10-11)19-15(22)14(21)18-4-1-5-20-6-8-23-9-7-20/h2-3,10H,1,4-9H2,(H,18,21)(H,19,22). The predicted molar refractivity (Wildman–Crippen MR) is 87.6 cm³/mol. The highest BCUT2D eigenvalue weighted by atomic mass is 79.9. The number of hydrogen-bond donors (Lipinski definition) is 2. The molecule has 0 atom stereocenters. The van der Waals surface area contributed by atoms with E-state index in [2.05, 4.69) is 31.5 Å². The summed E-state index contributed by atoms with van der Waals surface area (Å²) in [7, 11) is 0. The van der Waals surface area contributed by atoms with Crippen molar-refractivity contribution in [2.24, 2.45) is 0 Å². The first kappa shape index (κ1) is 17.8. The van der Waals surface area contributed by atoms with E-state index in [1.807, 2.05) is 0 Å². The highest BCUT2D eigenvalue weighted by Gasteiger charge is 2.15. The molecular weight excluding hydrogens is 369 g/mol. The summed E-state index contributed by atoms with van der Waals surface area (Å²) in [6, 6.07) is 4.19. The van der Waals surface area contributed by atoms with Crippen LogP contribution in [0, 0.1) is 5.82 Å². The number of hydrogen-bond acceptors (Lipinski definition) is 4. The first-order chi connectivity index (χ1) is 11.1. The Labute approximate surface area is 142 Å². The van der Waals surface area contributed by atoms with Gasteiger partial charge >= 0.3 is 11.8 Å². The molecule has 1 aliphatic rings. The molecule has 0 unspecified atom stereocenters. The summed E-state index contributed by atoms with van der Waals surface area (Å²) >= 11 is 3.12. The third-order valence-corrected chi connectivity index (χ3v) is 3.92. The Balaban J connectivity index is 1.69. The molecular formula is C15H19BrFN3O3. The van der Waals surface area contributed by atoms with Gasteiger partial charge in [0.2, 0.25) is 0 Å². The quantitative estimate of drug-likeness (QED) is 0.591. The normalized spacial score (nSPS) is 15.2. The topological polar surface area (TPSA) is 70.7 Å². The highest BCUT2D eigenvalue weighted by molar-refractivity contribution is 9.10. The molecule has 0 spiro atoms. The van der Waals surface area contributed by atoms with Crippen molar-refractivity contribution in [3.63, 3.8) is 0 Å². The van der Waals surface area contributed by atoms with E-state index in [1.54, 1.807) is 6.07 Å². The van der Waals surface area contributed by atoms with Crippen LogP contribution >= 0.6 is 15.9 Å². The number of amides is 2. The summed E-state index contributed by atoms with van der Waals surface area (Å²) in [6.07, 6.45) is 0.742. The van der Waals surface area contributed by atoms with E-state index in [4.69, 9.17) is 4.74 Å². The molecule has 1 aromatic carbocycles. The summed E-state index contributed by atoms with van der Waals surface area (Å²) in [5.41, 5.74) is -0.0262. The molecule has 0 aliphatic carbocycles. The Bertz CT molecular complexity index is 565. The molecule has 2 N–H and O–H groups in total. The van der Waals surface area contributed by atoms with Gasteiger partial charge in [0, 0.05) is 24.1 Å². The van der Waals surface area contributed by atoms with Crippen molar-refractivity contribution >= 4 is 33.4 Å². The van der Waals surface area contributed by atoms with Crippen LogP contribution in [0.4, 0.5) is 10.1 Å². The van der Waals surface area contributed by atoms with Crippen LogP contribution < -0.4 is 10.6 Å². The Kier molecular flexibility index (Phi) is 6.94. The number of nitrogens with zero attached hydrogens (tertiary/aromatic N) is 1. The molecule has 0 saturated carbocycles. The molecule has 0 radical (unpaired) electrons. The number of carbonyl (C=O) groups excluding carboxylic acids is 2. The molecule has 1 heterocycles. The van der Waals surface area contributed by atoms with Gasteiger partial charge in [0.05, 0.1) is 18.9 Å². The van der Waals surface area contributed by atoms with Crippen molar-refractivity contribution in [1.82, 2.24) is 10.2 Å². The molecule has 1 aliphatic heterocycles. The second kappa shape index (κ2) is 8.95. The minimum atomic E-state index is -0.877. The van der Waals surface area contributed by atoms with Crippen molar-refractivity contribution < 1.29 is 18.7 Å². The minimum Gasteiger partial charge on any atom is -0.379 e. The lowest BCUT2D eigenvalue weighted by molar-refractivity contribution is -0.136. The summed E-state index contributed by atoms with van der Waals surface area (Å²) < 4.78 is 19.4. The average Bonchev–Trinajstić information content (AvgIpc) is 2.55. The lowest BCUT2D eigenvalue weighted by atomic mass is 10.3. The Morgan fingerprint density at radius 2 is 2.00 bits per heavy atom. The van der Waals surface area contributed by atoms with Gasteiger partial charge in [0.15, 0.2) is 0 Å². The molecule has 23 heavy (non-hydrogen) atoms. The van der Waals surface area contributed by atoms with Crippen molar-refractivity contribution in [1.29, 1.82) is 0 Å². The summed E-state index contributed by atoms with van der Waals surface area (Å²) in [5.74, 6) is -2.25. The second-order valence-electron chi connectivity index (χ2n) is 5.14. The molecule has 6 nitrogen and oxygen atoms in total. The Morgan fingerprint density at radius 1 is 1.26 bits per heavy atom. The zero-order chi connectivity index (χ0) is 16.7.